The van der Waals surface area contributed by atoms with Gasteiger partial charge in [-0.05, 0) is 25.1 Å². The number of benzene rings is 2. The summed E-state index contributed by atoms with van der Waals surface area (Å²) in [7, 11) is 0. The van der Waals surface area contributed by atoms with Crippen molar-refractivity contribution in [1.29, 1.82) is 0 Å². The number of nitrogens with zero attached hydrogens (tertiary/aromatic N) is 1. The van der Waals surface area contributed by atoms with Crippen molar-refractivity contribution in [3.63, 3.8) is 0 Å². The number of carbonyl (C=O) groups excluding carboxylic acids is 2. The number of hydrogen-bond acceptors (Lipinski definition) is 4. The Kier molecular flexibility index (Phi) is 6.12. The molecule has 0 spiro atoms. The summed E-state index contributed by atoms with van der Waals surface area (Å²) >= 11 is 14.0. The molecule has 1 heterocycles. The lowest BCUT2D eigenvalue weighted by atomic mass is 10.1. The van der Waals surface area contributed by atoms with Gasteiger partial charge in [-0.2, -0.15) is 0 Å². The zero-order valence-electron chi connectivity index (χ0n) is 14.0. The molecule has 7 heteroatoms. The van der Waals surface area contributed by atoms with E-state index in [1.807, 2.05) is 18.2 Å². The van der Waals surface area contributed by atoms with E-state index in [1.165, 1.54) is 16.7 Å². The fourth-order valence-corrected chi connectivity index (χ4v) is 4.83. The van der Waals surface area contributed by atoms with Crippen LogP contribution in [0.2, 0.25) is 10.0 Å². The Morgan fingerprint density at radius 3 is 2.42 bits per heavy atom. The van der Waals surface area contributed by atoms with Gasteiger partial charge in [-0.1, -0.05) is 53.5 Å². The highest BCUT2D eigenvalue weighted by Gasteiger charge is 2.44. The van der Waals surface area contributed by atoms with Crippen LogP contribution in [0.3, 0.4) is 0 Å². The molecule has 26 heavy (non-hydrogen) atoms. The maximum atomic E-state index is 13.3. The first-order valence-corrected chi connectivity index (χ1v) is 9.95. The van der Waals surface area contributed by atoms with Crippen molar-refractivity contribution in [2.75, 3.05) is 12.4 Å². The molecule has 0 saturated carbocycles. The highest BCUT2D eigenvalue weighted by Crippen LogP contribution is 2.45. The number of thioether (sulfide) groups is 1. The quantitative estimate of drug-likeness (QED) is 0.679. The van der Waals surface area contributed by atoms with Gasteiger partial charge in [0.05, 0.1) is 17.2 Å². The molecule has 0 aromatic heterocycles. The maximum absolute atomic E-state index is 13.3. The average Bonchev–Trinajstić information content (AvgIpc) is 3.07. The molecule has 0 radical (unpaired) electrons. The van der Waals surface area contributed by atoms with Gasteiger partial charge in [-0.15, -0.1) is 11.8 Å². The fourth-order valence-electron chi connectivity index (χ4n) is 2.86. The Bertz CT molecular complexity index is 830. The van der Waals surface area contributed by atoms with Crippen LogP contribution in [0.1, 0.15) is 28.2 Å². The second-order valence-electron chi connectivity index (χ2n) is 5.67. The number of ether oxygens (including phenoxy) is 1. The van der Waals surface area contributed by atoms with Gasteiger partial charge in [-0.3, -0.25) is 4.79 Å². The van der Waals surface area contributed by atoms with Crippen molar-refractivity contribution in [3.05, 3.63) is 69.7 Å². The van der Waals surface area contributed by atoms with Gasteiger partial charge in [0.1, 0.15) is 11.4 Å². The average molecular weight is 410 g/mol. The standard InChI is InChI=1S/C19H17Cl2NO3S/c1-2-25-19(24)16-11-26-18(13-8-4-6-10-15(13)21)22(16)17(23)12-7-3-5-9-14(12)20/h3-10,16,18H,2,11H2,1H3. The lowest BCUT2D eigenvalue weighted by Gasteiger charge is -2.29. The molecule has 3 rings (SSSR count). The molecule has 1 saturated heterocycles. The predicted octanol–water partition coefficient (Wildman–Crippen LogP) is 4.81. The monoisotopic (exact) mass is 409 g/mol. The van der Waals surface area contributed by atoms with Crippen LogP contribution < -0.4 is 0 Å². The topological polar surface area (TPSA) is 46.6 Å². The molecule has 4 nitrogen and oxygen atoms in total. The Morgan fingerprint density at radius 2 is 1.77 bits per heavy atom. The van der Waals surface area contributed by atoms with Crippen molar-refractivity contribution in [2.45, 2.75) is 18.3 Å². The van der Waals surface area contributed by atoms with Gasteiger partial charge in [-0.25, -0.2) is 4.79 Å². The van der Waals surface area contributed by atoms with E-state index in [0.29, 0.717) is 21.4 Å². The number of rotatable bonds is 4. The van der Waals surface area contributed by atoms with Crippen LogP contribution in [0, 0.1) is 0 Å². The first-order valence-electron chi connectivity index (χ1n) is 8.14. The van der Waals surface area contributed by atoms with Gasteiger partial charge in [0, 0.05) is 16.3 Å². The smallest absolute Gasteiger partial charge is 0.329 e. The number of esters is 1. The molecule has 1 amide bonds. The minimum atomic E-state index is -0.690. The van der Waals surface area contributed by atoms with Gasteiger partial charge < -0.3 is 9.64 Å². The SMILES string of the molecule is CCOC(=O)C1CSC(c2ccccc2Cl)N1C(=O)c1ccccc1Cl. The van der Waals surface area contributed by atoms with E-state index in [1.54, 1.807) is 37.3 Å². The molecule has 1 aliphatic rings. The minimum absolute atomic E-state index is 0.255. The zero-order chi connectivity index (χ0) is 18.7. The first-order chi connectivity index (χ1) is 12.5. The summed E-state index contributed by atoms with van der Waals surface area (Å²) < 4.78 is 5.17. The highest BCUT2D eigenvalue weighted by molar-refractivity contribution is 7.99. The van der Waals surface area contributed by atoms with Gasteiger partial charge in [0.2, 0.25) is 0 Å². The van der Waals surface area contributed by atoms with E-state index in [4.69, 9.17) is 27.9 Å². The van der Waals surface area contributed by atoms with Crippen molar-refractivity contribution in [1.82, 2.24) is 4.90 Å². The van der Waals surface area contributed by atoms with Crippen molar-refractivity contribution < 1.29 is 14.3 Å². The highest BCUT2D eigenvalue weighted by atomic mass is 35.5. The van der Waals surface area contributed by atoms with Gasteiger partial charge in [0.15, 0.2) is 0 Å². The Hall–Kier alpha value is -1.69. The van der Waals surface area contributed by atoms with Crippen LogP contribution in [-0.2, 0) is 9.53 Å². The summed E-state index contributed by atoms with van der Waals surface area (Å²) in [5.74, 6) is -0.302. The molecular formula is C19H17Cl2NO3S. The van der Waals surface area contributed by atoms with Crippen molar-refractivity contribution in [2.24, 2.45) is 0 Å². The fraction of sp³-hybridized carbons (Fsp3) is 0.263. The lowest BCUT2D eigenvalue weighted by Crippen LogP contribution is -2.44. The normalized spacial score (nSPS) is 19.4. The van der Waals surface area contributed by atoms with Crippen LogP contribution in [0.4, 0.5) is 0 Å². The molecule has 1 aliphatic heterocycles. The van der Waals surface area contributed by atoms with Gasteiger partial charge in [0.25, 0.3) is 5.91 Å². The molecule has 2 unspecified atom stereocenters. The van der Waals surface area contributed by atoms with E-state index >= 15 is 0 Å². The number of amides is 1. The van der Waals surface area contributed by atoms with Crippen LogP contribution in [0.5, 0.6) is 0 Å². The molecule has 0 bridgehead atoms. The summed E-state index contributed by atoms with van der Waals surface area (Å²) in [6, 6.07) is 13.4. The number of halogens is 2. The molecule has 2 aromatic carbocycles. The molecule has 0 aliphatic carbocycles. The third-order valence-electron chi connectivity index (χ3n) is 4.07. The van der Waals surface area contributed by atoms with E-state index in [-0.39, 0.29) is 17.9 Å². The van der Waals surface area contributed by atoms with Crippen LogP contribution in [0.15, 0.2) is 48.5 Å². The molecule has 2 aromatic rings. The van der Waals surface area contributed by atoms with Crippen LogP contribution in [-0.4, -0.2) is 35.2 Å². The van der Waals surface area contributed by atoms with Crippen LogP contribution >= 0.6 is 35.0 Å². The number of hydrogen-bond donors (Lipinski definition) is 0. The van der Waals surface area contributed by atoms with Crippen molar-refractivity contribution >= 4 is 46.8 Å². The van der Waals surface area contributed by atoms with Gasteiger partial charge >= 0.3 is 5.97 Å². The first kappa shape index (κ1) is 19.1. The second-order valence-corrected chi connectivity index (χ2v) is 7.59. The summed E-state index contributed by atoms with van der Waals surface area (Å²) in [5.41, 5.74) is 1.13. The Morgan fingerprint density at radius 1 is 1.12 bits per heavy atom. The Labute approximate surface area is 166 Å². The summed E-state index contributed by atoms with van der Waals surface area (Å²) in [5, 5.41) is 0.503. The van der Waals surface area contributed by atoms with E-state index in [9.17, 15) is 9.59 Å². The molecular weight excluding hydrogens is 393 g/mol. The molecule has 136 valence electrons. The molecule has 0 N–H and O–H groups in total. The van der Waals surface area contributed by atoms with Crippen LogP contribution in [0.25, 0.3) is 0 Å². The predicted molar refractivity (Wildman–Crippen MR) is 105 cm³/mol. The summed E-state index contributed by atoms with van der Waals surface area (Å²) in [4.78, 5) is 27.2. The van der Waals surface area contributed by atoms with E-state index in [0.717, 1.165) is 5.56 Å². The third kappa shape index (κ3) is 3.70. The zero-order valence-corrected chi connectivity index (χ0v) is 16.4. The summed E-state index contributed by atoms with van der Waals surface area (Å²) in [6.45, 7) is 2.00. The minimum Gasteiger partial charge on any atom is -0.464 e. The summed E-state index contributed by atoms with van der Waals surface area (Å²) in [6.07, 6.45) is 0. The van der Waals surface area contributed by atoms with Crippen molar-refractivity contribution in [3.8, 4) is 0 Å². The van der Waals surface area contributed by atoms with E-state index in [2.05, 4.69) is 0 Å². The van der Waals surface area contributed by atoms with E-state index < -0.39 is 12.0 Å². The third-order valence-corrected chi connectivity index (χ3v) is 6.05. The largest absolute Gasteiger partial charge is 0.464 e. The number of carbonyl (C=O) groups is 2. The second kappa shape index (κ2) is 8.33. The molecule has 2 atom stereocenters. The lowest BCUT2D eigenvalue weighted by molar-refractivity contribution is -0.147. The Balaban J connectivity index is 2.03. The molecule has 1 fully saturated rings. The maximum Gasteiger partial charge on any atom is 0.329 e.